The molecule has 0 saturated heterocycles. The van der Waals surface area contributed by atoms with Gasteiger partial charge in [0.15, 0.2) is 0 Å². The molecular formula is C17H16N2O3. The summed E-state index contributed by atoms with van der Waals surface area (Å²) in [6.45, 7) is 0.358. The monoisotopic (exact) mass is 296 g/mol. The minimum Gasteiger partial charge on any atom is -0.445 e. The second kappa shape index (κ2) is 8.45. The molecule has 1 aromatic carbocycles. The van der Waals surface area contributed by atoms with Crippen LogP contribution >= 0.6 is 0 Å². The Morgan fingerprint density at radius 1 is 1.18 bits per heavy atom. The number of hydrogen-bond donors (Lipinski definition) is 2. The molecule has 0 aliphatic rings. The Kier molecular flexibility index (Phi) is 5.97. The largest absolute Gasteiger partial charge is 0.445 e. The first-order valence-corrected chi connectivity index (χ1v) is 6.77. The van der Waals surface area contributed by atoms with E-state index in [1.165, 1.54) is 0 Å². The summed E-state index contributed by atoms with van der Waals surface area (Å²) in [6.07, 6.45) is 1.05. The molecule has 0 atom stereocenters. The summed E-state index contributed by atoms with van der Waals surface area (Å²) in [6, 6.07) is 12.9. The number of hydrogen-bond acceptors (Lipinski definition) is 4. The van der Waals surface area contributed by atoms with Crippen LogP contribution < -0.4 is 5.32 Å². The lowest BCUT2D eigenvalue weighted by molar-refractivity contribution is 0.141. The van der Waals surface area contributed by atoms with Crippen molar-refractivity contribution in [1.29, 1.82) is 0 Å². The quantitative estimate of drug-likeness (QED) is 0.845. The first-order valence-electron chi connectivity index (χ1n) is 6.77. The fraction of sp³-hybridized carbons (Fsp3) is 0.176. The van der Waals surface area contributed by atoms with E-state index in [4.69, 9.17) is 9.84 Å². The maximum absolute atomic E-state index is 11.5. The van der Waals surface area contributed by atoms with Gasteiger partial charge in [-0.2, -0.15) is 0 Å². The average molecular weight is 296 g/mol. The van der Waals surface area contributed by atoms with Crippen molar-refractivity contribution >= 4 is 6.09 Å². The van der Waals surface area contributed by atoms with Gasteiger partial charge in [0.05, 0.1) is 13.2 Å². The van der Waals surface area contributed by atoms with E-state index in [-0.39, 0.29) is 19.8 Å². The number of carbonyl (C=O) groups excluding carboxylic acids is 1. The predicted molar refractivity (Wildman–Crippen MR) is 81.7 cm³/mol. The van der Waals surface area contributed by atoms with Crippen LogP contribution in [0.25, 0.3) is 0 Å². The summed E-state index contributed by atoms with van der Waals surface area (Å²) in [5.74, 6) is 5.59. The number of benzene rings is 1. The van der Waals surface area contributed by atoms with Crippen molar-refractivity contribution in [2.45, 2.75) is 13.2 Å². The van der Waals surface area contributed by atoms with E-state index < -0.39 is 6.09 Å². The number of amides is 1. The highest BCUT2D eigenvalue weighted by molar-refractivity contribution is 5.67. The van der Waals surface area contributed by atoms with Gasteiger partial charge in [0.1, 0.15) is 12.3 Å². The molecule has 0 aliphatic carbocycles. The molecule has 0 aliphatic heterocycles. The van der Waals surface area contributed by atoms with Crippen molar-refractivity contribution in [2.24, 2.45) is 0 Å². The van der Waals surface area contributed by atoms with Crippen LogP contribution in [-0.4, -0.2) is 22.7 Å². The number of rotatable bonds is 4. The molecule has 22 heavy (non-hydrogen) atoms. The molecule has 1 heterocycles. The Balaban J connectivity index is 1.71. The van der Waals surface area contributed by atoms with Gasteiger partial charge in [-0.3, -0.25) is 0 Å². The third kappa shape index (κ3) is 5.27. The van der Waals surface area contributed by atoms with Gasteiger partial charge >= 0.3 is 6.09 Å². The van der Waals surface area contributed by atoms with Gasteiger partial charge in [-0.05, 0) is 23.1 Å². The van der Waals surface area contributed by atoms with Crippen LogP contribution in [0.5, 0.6) is 0 Å². The Bertz CT molecular complexity index is 658. The van der Waals surface area contributed by atoms with Crippen LogP contribution in [-0.2, 0) is 18.0 Å². The van der Waals surface area contributed by atoms with Crippen LogP contribution in [0.1, 0.15) is 16.8 Å². The highest BCUT2D eigenvalue weighted by Crippen LogP contribution is 2.00. The zero-order chi connectivity index (χ0) is 15.6. The minimum absolute atomic E-state index is 0.0461. The van der Waals surface area contributed by atoms with Gasteiger partial charge in [-0.15, -0.1) is 0 Å². The summed E-state index contributed by atoms with van der Waals surface area (Å²) in [4.78, 5) is 15.5. The topological polar surface area (TPSA) is 71.5 Å². The maximum atomic E-state index is 11.5. The Morgan fingerprint density at radius 2 is 2.00 bits per heavy atom. The Morgan fingerprint density at radius 3 is 2.68 bits per heavy atom. The van der Waals surface area contributed by atoms with Crippen LogP contribution in [0.15, 0.2) is 48.7 Å². The van der Waals surface area contributed by atoms with Gasteiger partial charge in [-0.25, -0.2) is 9.78 Å². The fourth-order valence-electron chi connectivity index (χ4n) is 1.62. The molecule has 0 spiro atoms. The summed E-state index contributed by atoms with van der Waals surface area (Å²) in [7, 11) is 0. The summed E-state index contributed by atoms with van der Waals surface area (Å²) >= 11 is 0. The van der Waals surface area contributed by atoms with Crippen molar-refractivity contribution in [3.8, 4) is 11.8 Å². The van der Waals surface area contributed by atoms with Crippen LogP contribution in [0, 0.1) is 11.8 Å². The number of aliphatic hydroxyl groups excluding tert-OH is 1. The number of nitrogens with zero attached hydrogens (tertiary/aromatic N) is 1. The van der Waals surface area contributed by atoms with E-state index in [0.29, 0.717) is 5.69 Å². The van der Waals surface area contributed by atoms with Crippen LogP contribution in [0.4, 0.5) is 4.79 Å². The standard InChI is InChI=1S/C17H16N2O3/c20-12-15-8-9-16(19-11-15)7-4-10-18-17(21)22-13-14-5-2-1-3-6-14/h1-3,5-6,8-9,11,20H,10,12-13H2,(H,18,21). The zero-order valence-corrected chi connectivity index (χ0v) is 12.0. The van der Waals surface area contributed by atoms with Crippen molar-refractivity contribution < 1.29 is 14.6 Å². The second-order valence-electron chi connectivity index (χ2n) is 4.43. The molecular weight excluding hydrogens is 280 g/mol. The smallest absolute Gasteiger partial charge is 0.408 e. The predicted octanol–water partition coefficient (Wildman–Crippen LogP) is 1.85. The molecule has 0 saturated carbocycles. The number of pyridine rings is 1. The van der Waals surface area contributed by atoms with Gasteiger partial charge < -0.3 is 15.2 Å². The molecule has 5 heteroatoms. The normalized spacial score (nSPS) is 9.50. The van der Waals surface area contributed by atoms with E-state index in [9.17, 15) is 4.79 Å². The van der Waals surface area contributed by atoms with Crippen molar-refractivity contribution in [3.05, 3.63) is 65.5 Å². The van der Waals surface area contributed by atoms with Gasteiger partial charge in [-0.1, -0.05) is 42.3 Å². The van der Waals surface area contributed by atoms with E-state index in [2.05, 4.69) is 22.1 Å². The van der Waals surface area contributed by atoms with Crippen molar-refractivity contribution in [2.75, 3.05) is 6.54 Å². The number of ether oxygens (including phenoxy) is 1. The fourth-order valence-corrected chi connectivity index (χ4v) is 1.62. The first kappa shape index (κ1) is 15.5. The lowest BCUT2D eigenvalue weighted by Crippen LogP contribution is -2.24. The molecule has 1 amide bonds. The minimum atomic E-state index is -0.512. The molecule has 1 aromatic heterocycles. The zero-order valence-electron chi connectivity index (χ0n) is 12.0. The molecule has 0 bridgehead atoms. The highest BCUT2D eigenvalue weighted by atomic mass is 16.5. The Hall–Kier alpha value is -2.84. The number of aliphatic hydroxyl groups is 1. The van der Waals surface area contributed by atoms with Gasteiger partial charge in [0.25, 0.3) is 0 Å². The molecule has 112 valence electrons. The summed E-state index contributed by atoms with van der Waals surface area (Å²) < 4.78 is 5.05. The van der Waals surface area contributed by atoms with Crippen molar-refractivity contribution in [3.63, 3.8) is 0 Å². The Labute approximate surface area is 129 Å². The molecule has 2 rings (SSSR count). The number of aromatic nitrogens is 1. The third-order valence-electron chi connectivity index (χ3n) is 2.76. The van der Waals surface area contributed by atoms with Crippen molar-refractivity contribution in [1.82, 2.24) is 10.3 Å². The molecule has 0 radical (unpaired) electrons. The van der Waals surface area contributed by atoms with E-state index in [1.54, 1.807) is 18.3 Å². The van der Waals surface area contributed by atoms with Crippen LogP contribution in [0.3, 0.4) is 0 Å². The highest BCUT2D eigenvalue weighted by Gasteiger charge is 2.00. The lowest BCUT2D eigenvalue weighted by Gasteiger charge is -2.04. The maximum Gasteiger partial charge on any atom is 0.408 e. The second-order valence-corrected chi connectivity index (χ2v) is 4.43. The third-order valence-corrected chi connectivity index (χ3v) is 2.76. The number of alkyl carbamates (subject to hydrolysis) is 1. The molecule has 2 aromatic rings. The number of carbonyl (C=O) groups is 1. The van der Waals surface area contributed by atoms with E-state index >= 15 is 0 Å². The molecule has 5 nitrogen and oxygen atoms in total. The summed E-state index contributed by atoms with van der Waals surface area (Å²) in [5, 5.41) is 11.4. The SMILES string of the molecule is O=C(NCC#Cc1ccc(CO)cn1)OCc1ccccc1. The summed E-state index contributed by atoms with van der Waals surface area (Å²) in [5.41, 5.74) is 2.24. The van der Waals surface area contributed by atoms with Crippen LogP contribution in [0.2, 0.25) is 0 Å². The van der Waals surface area contributed by atoms with E-state index in [1.807, 2.05) is 30.3 Å². The van der Waals surface area contributed by atoms with E-state index in [0.717, 1.165) is 11.1 Å². The van der Waals surface area contributed by atoms with Gasteiger partial charge in [0.2, 0.25) is 0 Å². The first-order chi connectivity index (χ1) is 10.8. The average Bonchev–Trinajstić information content (AvgIpc) is 2.58. The van der Waals surface area contributed by atoms with Gasteiger partial charge in [0, 0.05) is 6.20 Å². The lowest BCUT2D eigenvalue weighted by atomic mass is 10.2. The molecule has 2 N–H and O–H groups in total. The molecule has 0 unspecified atom stereocenters. The molecule has 0 fully saturated rings. The number of nitrogens with one attached hydrogen (secondary N) is 1.